The Kier molecular flexibility index (Phi) is 11.1. The lowest BCUT2D eigenvalue weighted by Crippen LogP contribution is -2.39. The van der Waals surface area contributed by atoms with Crippen LogP contribution in [0.15, 0.2) is 0 Å². The highest BCUT2D eigenvalue weighted by atomic mass is 16.7. The molecular weight excluding hydrogens is 284 g/mol. The zero-order chi connectivity index (χ0) is 16.2. The van der Waals surface area contributed by atoms with E-state index in [1.807, 2.05) is 0 Å². The van der Waals surface area contributed by atoms with Gasteiger partial charge < -0.3 is 24.1 Å². The van der Waals surface area contributed by atoms with E-state index in [1.54, 1.807) is 0 Å². The van der Waals surface area contributed by atoms with Crippen LogP contribution in [0.1, 0.15) is 59.3 Å². The second kappa shape index (κ2) is 12.3. The molecule has 0 aromatic heterocycles. The van der Waals surface area contributed by atoms with E-state index in [0.29, 0.717) is 19.8 Å². The SMILES string of the molecule is CCCCOCC1OC(O)[C@@H](OCCCC)[C@@H]1OCCCC. The molecule has 1 rings (SSSR count). The molecule has 0 aliphatic carbocycles. The van der Waals surface area contributed by atoms with Gasteiger partial charge in [0.2, 0.25) is 0 Å². The van der Waals surface area contributed by atoms with E-state index < -0.39 is 12.4 Å². The van der Waals surface area contributed by atoms with Gasteiger partial charge in [0.05, 0.1) is 6.61 Å². The topological polar surface area (TPSA) is 57.2 Å². The smallest absolute Gasteiger partial charge is 0.184 e. The number of unbranched alkanes of at least 4 members (excludes halogenated alkanes) is 3. The average Bonchev–Trinajstić information content (AvgIpc) is 2.80. The molecule has 5 nitrogen and oxygen atoms in total. The fourth-order valence-corrected chi connectivity index (χ4v) is 2.39. The highest BCUT2D eigenvalue weighted by molar-refractivity contribution is 4.89. The normalized spacial score (nSPS) is 28.4. The molecule has 22 heavy (non-hydrogen) atoms. The standard InChI is InChI=1S/C17H34O5/c1-4-7-10-19-13-14-15(20-11-8-5-2)16(17(18)22-14)21-12-9-6-3/h14-18H,4-13H2,1-3H3/t14?,15-,16+,17?/m1/s1. The molecule has 0 bridgehead atoms. The predicted molar refractivity (Wildman–Crippen MR) is 85.9 cm³/mol. The van der Waals surface area contributed by atoms with Crippen LogP contribution in [0.4, 0.5) is 0 Å². The Morgan fingerprint density at radius 3 is 1.95 bits per heavy atom. The first kappa shape index (κ1) is 19.8. The van der Waals surface area contributed by atoms with Crippen LogP contribution in [0.3, 0.4) is 0 Å². The molecule has 2 unspecified atom stereocenters. The van der Waals surface area contributed by atoms with Crippen molar-refractivity contribution in [2.24, 2.45) is 0 Å². The monoisotopic (exact) mass is 318 g/mol. The molecule has 132 valence electrons. The Bertz CT molecular complexity index is 261. The minimum atomic E-state index is -0.928. The van der Waals surface area contributed by atoms with Crippen molar-refractivity contribution in [1.29, 1.82) is 0 Å². The maximum absolute atomic E-state index is 10.1. The predicted octanol–water partition coefficient (Wildman–Crippen LogP) is 2.89. The van der Waals surface area contributed by atoms with Crippen molar-refractivity contribution in [3.63, 3.8) is 0 Å². The summed E-state index contributed by atoms with van der Waals surface area (Å²) in [5.41, 5.74) is 0. The largest absolute Gasteiger partial charge is 0.379 e. The van der Waals surface area contributed by atoms with Crippen LogP contribution in [0.25, 0.3) is 0 Å². The molecule has 1 heterocycles. The molecule has 1 aliphatic rings. The minimum absolute atomic E-state index is 0.250. The summed E-state index contributed by atoms with van der Waals surface area (Å²) in [6, 6.07) is 0. The summed E-state index contributed by atoms with van der Waals surface area (Å²) in [6.07, 6.45) is 4.41. The van der Waals surface area contributed by atoms with Crippen molar-refractivity contribution >= 4 is 0 Å². The number of hydrogen-bond acceptors (Lipinski definition) is 5. The van der Waals surface area contributed by atoms with E-state index in [9.17, 15) is 5.11 Å². The summed E-state index contributed by atoms with van der Waals surface area (Å²) >= 11 is 0. The van der Waals surface area contributed by atoms with Crippen molar-refractivity contribution in [3.05, 3.63) is 0 Å². The molecule has 0 spiro atoms. The number of aliphatic hydroxyl groups is 1. The van der Waals surface area contributed by atoms with Gasteiger partial charge in [0.25, 0.3) is 0 Å². The van der Waals surface area contributed by atoms with Gasteiger partial charge in [0, 0.05) is 19.8 Å². The fraction of sp³-hybridized carbons (Fsp3) is 1.00. The van der Waals surface area contributed by atoms with Gasteiger partial charge in [0.1, 0.15) is 18.3 Å². The molecule has 1 fully saturated rings. The molecular formula is C17H34O5. The van der Waals surface area contributed by atoms with Crippen LogP contribution in [0.5, 0.6) is 0 Å². The van der Waals surface area contributed by atoms with Gasteiger partial charge in [-0.1, -0.05) is 40.0 Å². The van der Waals surface area contributed by atoms with Crippen LogP contribution < -0.4 is 0 Å². The first-order chi connectivity index (χ1) is 10.7. The zero-order valence-corrected chi connectivity index (χ0v) is 14.5. The van der Waals surface area contributed by atoms with Gasteiger partial charge in [0.15, 0.2) is 6.29 Å². The van der Waals surface area contributed by atoms with E-state index in [-0.39, 0.29) is 12.2 Å². The molecule has 1 N–H and O–H groups in total. The molecule has 5 heteroatoms. The second-order valence-corrected chi connectivity index (χ2v) is 5.87. The summed E-state index contributed by atoms with van der Waals surface area (Å²) in [6.45, 7) is 8.83. The van der Waals surface area contributed by atoms with Crippen molar-refractivity contribution in [3.8, 4) is 0 Å². The average molecular weight is 318 g/mol. The number of rotatable bonds is 13. The Morgan fingerprint density at radius 1 is 0.818 bits per heavy atom. The van der Waals surface area contributed by atoms with E-state index in [1.165, 1.54) is 0 Å². The van der Waals surface area contributed by atoms with Crippen LogP contribution in [0.2, 0.25) is 0 Å². The summed E-state index contributed by atoms with van der Waals surface area (Å²) in [7, 11) is 0. The molecule has 0 amide bonds. The van der Waals surface area contributed by atoms with Crippen LogP contribution in [-0.4, -0.2) is 56.1 Å². The first-order valence-electron chi connectivity index (χ1n) is 8.89. The summed E-state index contributed by atoms with van der Waals surface area (Å²) in [5, 5.41) is 10.1. The molecule has 0 aromatic rings. The van der Waals surface area contributed by atoms with Gasteiger partial charge >= 0.3 is 0 Å². The summed E-state index contributed by atoms with van der Waals surface area (Å²) < 4.78 is 23.0. The Morgan fingerprint density at radius 2 is 1.36 bits per heavy atom. The zero-order valence-electron chi connectivity index (χ0n) is 14.5. The van der Waals surface area contributed by atoms with Crippen molar-refractivity contribution in [1.82, 2.24) is 0 Å². The lowest BCUT2D eigenvalue weighted by atomic mass is 10.1. The summed E-state index contributed by atoms with van der Waals surface area (Å²) in [5.74, 6) is 0. The van der Waals surface area contributed by atoms with Crippen molar-refractivity contribution < 1.29 is 24.1 Å². The molecule has 0 saturated carbocycles. The quantitative estimate of drug-likeness (QED) is 0.529. The molecule has 1 aliphatic heterocycles. The third-order valence-corrected chi connectivity index (χ3v) is 3.83. The summed E-state index contributed by atoms with van der Waals surface area (Å²) in [4.78, 5) is 0. The number of aliphatic hydroxyl groups excluding tert-OH is 1. The lowest BCUT2D eigenvalue weighted by Gasteiger charge is -2.23. The van der Waals surface area contributed by atoms with Gasteiger partial charge in [-0.15, -0.1) is 0 Å². The van der Waals surface area contributed by atoms with Crippen molar-refractivity contribution in [2.75, 3.05) is 26.4 Å². The third-order valence-electron chi connectivity index (χ3n) is 3.83. The number of hydrogen-bond donors (Lipinski definition) is 1. The Hall–Kier alpha value is -0.200. The fourth-order valence-electron chi connectivity index (χ4n) is 2.39. The van der Waals surface area contributed by atoms with Crippen LogP contribution >= 0.6 is 0 Å². The van der Waals surface area contributed by atoms with Gasteiger partial charge in [-0.3, -0.25) is 0 Å². The van der Waals surface area contributed by atoms with Crippen LogP contribution in [0, 0.1) is 0 Å². The molecule has 4 atom stereocenters. The number of ether oxygens (including phenoxy) is 4. The van der Waals surface area contributed by atoms with E-state index in [4.69, 9.17) is 18.9 Å². The maximum Gasteiger partial charge on any atom is 0.184 e. The van der Waals surface area contributed by atoms with Gasteiger partial charge in [-0.25, -0.2) is 0 Å². The van der Waals surface area contributed by atoms with E-state index >= 15 is 0 Å². The maximum atomic E-state index is 10.1. The van der Waals surface area contributed by atoms with Gasteiger partial charge in [-0.05, 0) is 19.3 Å². The van der Waals surface area contributed by atoms with Crippen LogP contribution in [-0.2, 0) is 18.9 Å². The lowest BCUT2D eigenvalue weighted by molar-refractivity contribution is -0.150. The highest BCUT2D eigenvalue weighted by Gasteiger charge is 2.45. The highest BCUT2D eigenvalue weighted by Crippen LogP contribution is 2.26. The van der Waals surface area contributed by atoms with E-state index in [0.717, 1.165) is 45.1 Å². The second-order valence-electron chi connectivity index (χ2n) is 5.87. The van der Waals surface area contributed by atoms with E-state index in [2.05, 4.69) is 20.8 Å². The third kappa shape index (κ3) is 6.92. The Labute approximate surface area is 135 Å². The molecule has 0 radical (unpaired) electrons. The Balaban J connectivity index is 2.48. The first-order valence-corrected chi connectivity index (χ1v) is 8.89. The molecule has 1 saturated heterocycles. The van der Waals surface area contributed by atoms with Crippen molar-refractivity contribution in [2.45, 2.75) is 83.9 Å². The van der Waals surface area contributed by atoms with Gasteiger partial charge in [-0.2, -0.15) is 0 Å². The minimum Gasteiger partial charge on any atom is -0.379 e. The molecule has 0 aromatic carbocycles.